The van der Waals surface area contributed by atoms with Crippen LogP contribution in [0.5, 0.6) is 5.75 Å². The van der Waals surface area contributed by atoms with E-state index in [0.29, 0.717) is 24.6 Å². The first kappa shape index (κ1) is 20.4. The topological polar surface area (TPSA) is 41.6 Å². The maximum Gasteiger partial charge on any atom is 0.166 e. The second-order valence-electron chi connectivity index (χ2n) is 7.30. The fraction of sp³-hybridized carbons (Fsp3) is 0.500. The number of ketones is 1. The molecule has 2 aromatic carbocycles. The zero-order chi connectivity index (χ0) is 18.9. The summed E-state index contributed by atoms with van der Waals surface area (Å²) in [6, 6.07) is 12.5. The van der Waals surface area contributed by atoms with Crippen molar-refractivity contribution in [2.75, 3.05) is 33.8 Å². The van der Waals surface area contributed by atoms with E-state index >= 15 is 0 Å². The highest BCUT2D eigenvalue weighted by molar-refractivity contribution is 6.04. The molecule has 0 aliphatic carbocycles. The first-order chi connectivity index (χ1) is 12.5. The summed E-state index contributed by atoms with van der Waals surface area (Å²) in [5.41, 5.74) is 0.707. The summed E-state index contributed by atoms with van der Waals surface area (Å²) in [6.45, 7) is 6.67. The largest absolute Gasteiger partial charge is 0.492 e. The summed E-state index contributed by atoms with van der Waals surface area (Å²) < 4.78 is 6.10. The van der Waals surface area contributed by atoms with Crippen LogP contribution < -0.4 is 10.1 Å². The van der Waals surface area contributed by atoms with E-state index in [-0.39, 0.29) is 5.78 Å². The number of Topliss-reactive ketones (excluding diaryl/α,β-unsaturated/α-hetero) is 1. The normalized spacial score (nSPS) is 11.5. The molecule has 26 heavy (non-hydrogen) atoms. The Morgan fingerprint density at radius 2 is 1.88 bits per heavy atom. The average molecular weight is 357 g/mol. The van der Waals surface area contributed by atoms with Gasteiger partial charge in [0.25, 0.3) is 0 Å². The van der Waals surface area contributed by atoms with E-state index in [1.807, 2.05) is 30.3 Å². The van der Waals surface area contributed by atoms with Gasteiger partial charge in [-0.2, -0.15) is 0 Å². The second-order valence-corrected chi connectivity index (χ2v) is 7.30. The lowest BCUT2D eigenvalue weighted by atomic mass is 10.00. The Labute approximate surface area is 157 Å². The molecule has 142 valence electrons. The first-order valence-electron chi connectivity index (χ1n) is 9.55. The van der Waals surface area contributed by atoms with E-state index in [2.05, 4.69) is 44.2 Å². The molecule has 0 spiro atoms. The van der Waals surface area contributed by atoms with Crippen LogP contribution in [0.4, 0.5) is 0 Å². The summed E-state index contributed by atoms with van der Waals surface area (Å²) in [7, 11) is 4.11. The molecular weight excluding hydrogens is 324 g/mol. The molecule has 0 fully saturated rings. The number of hydrogen-bond acceptors (Lipinski definition) is 4. The highest BCUT2D eigenvalue weighted by Crippen LogP contribution is 2.31. The molecule has 0 aromatic heterocycles. The molecule has 1 N–H and O–H groups in total. The highest BCUT2D eigenvalue weighted by atomic mass is 16.5. The number of rotatable bonds is 11. The van der Waals surface area contributed by atoms with Crippen LogP contribution in [0, 0.1) is 0 Å². The lowest BCUT2D eigenvalue weighted by Crippen LogP contribution is -2.24. The van der Waals surface area contributed by atoms with E-state index in [4.69, 9.17) is 4.74 Å². The number of fused-ring (bicyclic) bond motifs is 1. The summed E-state index contributed by atoms with van der Waals surface area (Å²) in [6.07, 6.45) is 2.30. The number of benzene rings is 2. The van der Waals surface area contributed by atoms with E-state index in [1.165, 1.54) is 0 Å². The van der Waals surface area contributed by atoms with Crippen molar-refractivity contribution in [1.82, 2.24) is 10.2 Å². The van der Waals surface area contributed by atoms with Gasteiger partial charge < -0.3 is 15.0 Å². The quantitative estimate of drug-likeness (QED) is 0.485. The first-order valence-corrected chi connectivity index (χ1v) is 9.55. The van der Waals surface area contributed by atoms with Crippen LogP contribution in [0.2, 0.25) is 0 Å². The standard InChI is InChI=1S/C22H32N2O2/c1-17(2)23-14-7-11-21(25)20-13-12-18-9-5-6-10-19(18)22(20)26-16-8-15-24(3)4/h5-6,9-10,12-13,17,23H,7-8,11,14-16H2,1-4H3. The van der Waals surface area contributed by atoms with Gasteiger partial charge in [0, 0.05) is 24.4 Å². The molecule has 0 aliphatic rings. The molecule has 4 nitrogen and oxygen atoms in total. The van der Waals surface area contributed by atoms with Crippen LogP contribution in [0.1, 0.15) is 43.5 Å². The Hall–Kier alpha value is -1.91. The molecule has 0 radical (unpaired) electrons. The third-order valence-electron chi connectivity index (χ3n) is 4.31. The second kappa shape index (κ2) is 10.3. The third kappa shape index (κ3) is 6.11. The molecule has 0 saturated carbocycles. The fourth-order valence-electron chi connectivity index (χ4n) is 2.95. The number of nitrogens with one attached hydrogen (secondary N) is 1. The summed E-state index contributed by atoms with van der Waals surface area (Å²) >= 11 is 0. The van der Waals surface area contributed by atoms with Gasteiger partial charge in [0.15, 0.2) is 5.78 Å². The monoisotopic (exact) mass is 356 g/mol. The van der Waals surface area contributed by atoms with Crippen molar-refractivity contribution in [3.8, 4) is 5.75 Å². The zero-order valence-electron chi connectivity index (χ0n) is 16.5. The van der Waals surface area contributed by atoms with E-state index in [1.54, 1.807) is 0 Å². The van der Waals surface area contributed by atoms with Gasteiger partial charge in [-0.1, -0.05) is 44.2 Å². The van der Waals surface area contributed by atoms with Crippen molar-refractivity contribution < 1.29 is 9.53 Å². The SMILES string of the molecule is CC(C)NCCCC(=O)c1ccc2ccccc2c1OCCCN(C)C. The minimum atomic E-state index is 0.156. The Balaban J connectivity index is 2.13. The van der Waals surface area contributed by atoms with Gasteiger partial charge in [-0.15, -0.1) is 0 Å². The summed E-state index contributed by atoms with van der Waals surface area (Å²) in [5.74, 6) is 0.896. The van der Waals surface area contributed by atoms with Crippen LogP contribution in [0.25, 0.3) is 10.8 Å². The Bertz CT molecular complexity index is 710. The van der Waals surface area contributed by atoms with E-state index in [0.717, 1.165) is 42.5 Å². The Kier molecular flexibility index (Phi) is 8.07. The smallest absolute Gasteiger partial charge is 0.166 e. The van der Waals surface area contributed by atoms with Crippen LogP contribution in [-0.4, -0.2) is 50.5 Å². The minimum Gasteiger partial charge on any atom is -0.492 e. The Morgan fingerprint density at radius 1 is 1.12 bits per heavy atom. The molecule has 0 bridgehead atoms. The van der Waals surface area contributed by atoms with Gasteiger partial charge in [-0.05, 0) is 44.9 Å². The van der Waals surface area contributed by atoms with Crippen LogP contribution >= 0.6 is 0 Å². The minimum absolute atomic E-state index is 0.156. The van der Waals surface area contributed by atoms with Gasteiger partial charge in [0.05, 0.1) is 12.2 Å². The van der Waals surface area contributed by atoms with Gasteiger partial charge in [-0.25, -0.2) is 0 Å². The van der Waals surface area contributed by atoms with Crippen molar-refractivity contribution in [3.63, 3.8) is 0 Å². The van der Waals surface area contributed by atoms with Crippen LogP contribution in [-0.2, 0) is 0 Å². The molecule has 0 heterocycles. The van der Waals surface area contributed by atoms with Crippen LogP contribution in [0.3, 0.4) is 0 Å². The molecular formula is C22H32N2O2. The number of nitrogens with zero attached hydrogens (tertiary/aromatic N) is 1. The molecule has 2 aromatic rings. The molecule has 2 rings (SSSR count). The maximum absolute atomic E-state index is 12.8. The number of ether oxygens (including phenoxy) is 1. The van der Waals surface area contributed by atoms with Crippen molar-refractivity contribution in [1.29, 1.82) is 0 Å². The molecule has 0 unspecified atom stereocenters. The van der Waals surface area contributed by atoms with Gasteiger partial charge in [0.1, 0.15) is 5.75 Å². The lowest BCUT2D eigenvalue weighted by molar-refractivity contribution is 0.0976. The van der Waals surface area contributed by atoms with Crippen LogP contribution in [0.15, 0.2) is 36.4 Å². The predicted molar refractivity (Wildman–Crippen MR) is 109 cm³/mol. The number of carbonyl (C=O) groups excluding carboxylic acids is 1. The van der Waals surface area contributed by atoms with Crippen molar-refractivity contribution in [2.24, 2.45) is 0 Å². The van der Waals surface area contributed by atoms with Crippen molar-refractivity contribution in [3.05, 3.63) is 42.0 Å². The van der Waals surface area contributed by atoms with E-state index in [9.17, 15) is 4.79 Å². The molecule has 0 aliphatic heterocycles. The lowest BCUT2D eigenvalue weighted by Gasteiger charge is -2.15. The summed E-state index contributed by atoms with van der Waals surface area (Å²) in [4.78, 5) is 14.9. The Morgan fingerprint density at radius 3 is 2.62 bits per heavy atom. The molecule has 0 saturated heterocycles. The maximum atomic E-state index is 12.8. The highest BCUT2D eigenvalue weighted by Gasteiger charge is 2.15. The molecule has 4 heteroatoms. The average Bonchev–Trinajstić information content (AvgIpc) is 2.61. The fourth-order valence-corrected chi connectivity index (χ4v) is 2.95. The molecule has 0 atom stereocenters. The predicted octanol–water partition coefficient (Wildman–Crippen LogP) is 4.13. The van der Waals surface area contributed by atoms with E-state index < -0.39 is 0 Å². The zero-order valence-corrected chi connectivity index (χ0v) is 16.5. The number of carbonyl (C=O) groups is 1. The van der Waals surface area contributed by atoms with Crippen molar-refractivity contribution in [2.45, 2.75) is 39.2 Å². The summed E-state index contributed by atoms with van der Waals surface area (Å²) in [5, 5.41) is 5.48. The third-order valence-corrected chi connectivity index (χ3v) is 4.31. The van der Waals surface area contributed by atoms with Gasteiger partial charge >= 0.3 is 0 Å². The number of hydrogen-bond donors (Lipinski definition) is 1. The van der Waals surface area contributed by atoms with Gasteiger partial charge in [-0.3, -0.25) is 4.79 Å². The van der Waals surface area contributed by atoms with Crippen molar-refractivity contribution >= 4 is 16.6 Å². The molecule has 0 amide bonds. The van der Waals surface area contributed by atoms with Gasteiger partial charge in [0.2, 0.25) is 0 Å².